The average Bonchev–Trinajstić information content (AvgIpc) is 2.21. The van der Waals surface area contributed by atoms with Crippen LogP contribution in [0.3, 0.4) is 0 Å². The number of rotatable bonds is 4. The van der Waals surface area contributed by atoms with E-state index in [1.165, 1.54) is 6.07 Å². The molecule has 0 fully saturated rings. The summed E-state index contributed by atoms with van der Waals surface area (Å²) in [7, 11) is 0. The van der Waals surface area contributed by atoms with E-state index in [2.05, 4.69) is 5.32 Å². The Morgan fingerprint density at radius 1 is 1.53 bits per heavy atom. The van der Waals surface area contributed by atoms with Gasteiger partial charge in [-0.15, -0.1) is 0 Å². The number of benzene rings is 1. The lowest BCUT2D eigenvalue weighted by molar-refractivity contribution is 0.0698. The van der Waals surface area contributed by atoms with Crippen molar-refractivity contribution in [3.8, 4) is 0 Å². The van der Waals surface area contributed by atoms with Gasteiger partial charge in [-0.3, -0.25) is 0 Å². The number of carbonyl (C=O) groups is 1. The van der Waals surface area contributed by atoms with E-state index in [9.17, 15) is 9.18 Å². The molecule has 1 aromatic rings. The second kappa shape index (κ2) is 4.61. The Hall–Kier alpha value is -1.78. The van der Waals surface area contributed by atoms with Gasteiger partial charge in [-0.25, -0.2) is 9.18 Å². The Bertz CT molecular complexity index is 444. The number of aromatic carboxylic acids is 1. The first-order chi connectivity index (χ1) is 7.76. The maximum atomic E-state index is 13.6. The van der Waals surface area contributed by atoms with Crippen LogP contribution >= 0.6 is 0 Å². The molecule has 0 radical (unpaired) electrons. The first kappa shape index (κ1) is 13.3. The summed E-state index contributed by atoms with van der Waals surface area (Å²) in [6, 6.07) is 2.25. The van der Waals surface area contributed by atoms with Crippen LogP contribution in [0.15, 0.2) is 12.1 Å². The van der Waals surface area contributed by atoms with Crippen molar-refractivity contribution >= 4 is 17.3 Å². The highest BCUT2D eigenvalue weighted by Gasteiger charge is 2.19. The first-order valence-electron chi connectivity index (χ1n) is 5.37. The van der Waals surface area contributed by atoms with Gasteiger partial charge in [-0.1, -0.05) is 6.92 Å². The summed E-state index contributed by atoms with van der Waals surface area (Å²) in [4.78, 5) is 10.9. The molecular formula is C12H17FN2O2. The van der Waals surface area contributed by atoms with Crippen LogP contribution in [0, 0.1) is 5.82 Å². The largest absolute Gasteiger partial charge is 0.478 e. The highest BCUT2D eigenvalue weighted by atomic mass is 19.1. The van der Waals surface area contributed by atoms with E-state index in [0.29, 0.717) is 0 Å². The summed E-state index contributed by atoms with van der Waals surface area (Å²) in [5, 5.41) is 11.9. The van der Waals surface area contributed by atoms with E-state index in [4.69, 9.17) is 10.8 Å². The summed E-state index contributed by atoms with van der Waals surface area (Å²) in [5.41, 5.74) is 5.11. The summed E-state index contributed by atoms with van der Waals surface area (Å²) in [5.74, 6) is -1.71. The molecule has 0 heterocycles. The maximum absolute atomic E-state index is 13.6. The van der Waals surface area contributed by atoms with Crippen LogP contribution in [-0.4, -0.2) is 16.6 Å². The van der Waals surface area contributed by atoms with Crippen molar-refractivity contribution in [1.29, 1.82) is 0 Å². The van der Waals surface area contributed by atoms with Gasteiger partial charge in [0.25, 0.3) is 0 Å². The Morgan fingerprint density at radius 3 is 2.59 bits per heavy atom. The zero-order valence-electron chi connectivity index (χ0n) is 10.2. The minimum Gasteiger partial charge on any atom is -0.478 e. The summed E-state index contributed by atoms with van der Waals surface area (Å²) in [6.45, 7) is 5.77. The fraction of sp³-hybridized carbons (Fsp3) is 0.417. The van der Waals surface area contributed by atoms with Crippen LogP contribution in [0.4, 0.5) is 15.8 Å². The van der Waals surface area contributed by atoms with E-state index in [1.54, 1.807) is 0 Å². The summed E-state index contributed by atoms with van der Waals surface area (Å²) < 4.78 is 13.6. The van der Waals surface area contributed by atoms with Gasteiger partial charge < -0.3 is 16.2 Å². The zero-order valence-corrected chi connectivity index (χ0v) is 10.2. The monoisotopic (exact) mass is 240 g/mol. The minimum absolute atomic E-state index is 0.0742. The number of hydrogen-bond donors (Lipinski definition) is 3. The highest BCUT2D eigenvalue weighted by molar-refractivity contribution is 5.94. The molecule has 4 nitrogen and oxygen atoms in total. The molecule has 0 aromatic heterocycles. The molecule has 0 aliphatic carbocycles. The molecule has 0 amide bonds. The van der Waals surface area contributed by atoms with Crippen molar-refractivity contribution in [3.63, 3.8) is 0 Å². The lowest BCUT2D eigenvalue weighted by atomic mass is 10.0. The smallest absolute Gasteiger partial charge is 0.337 e. The summed E-state index contributed by atoms with van der Waals surface area (Å²) in [6.07, 6.45) is 0.777. The van der Waals surface area contributed by atoms with Crippen molar-refractivity contribution < 1.29 is 14.3 Å². The predicted molar refractivity (Wildman–Crippen MR) is 65.8 cm³/mol. The van der Waals surface area contributed by atoms with Crippen LogP contribution in [0.2, 0.25) is 0 Å². The number of nitrogens with one attached hydrogen (secondary N) is 1. The fourth-order valence-corrected chi connectivity index (χ4v) is 1.32. The third kappa shape index (κ3) is 3.09. The number of carboxylic acids is 1. The van der Waals surface area contributed by atoms with Gasteiger partial charge in [-0.05, 0) is 32.4 Å². The highest BCUT2D eigenvalue weighted by Crippen LogP contribution is 2.25. The van der Waals surface area contributed by atoms with E-state index in [-0.39, 0.29) is 22.5 Å². The zero-order chi connectivity index (χ0) is 13.2. The maximum Gasteiger partial charge on any atom is 0.337 e. The van der Waals surface area contributed by atoms with E-state index in [0.717, 1.165) is 12.5 Å². The first-order valence-corrected chi connectivity index (χ1v) is 5.37. The average molecular weight is 240 g/mol. The molecule has 0 saturated heterocycles. The topological polar surface area (TPSA) is 75.3 Å². The molecule has 0 saturated carbocycles. The Kier molecular flexibility index (Phi) is 3.60. The van der Waals surface area contributed by atoms with Crippen LogP contribution in [-0.2, 0) is 0 Å². The second-order valence-electron chi connectivity index (χ2n) is 4.59. The SMILES string of the molecule is CCC(C)(C)Nc1cc(C(=O)O)c(N)cc1F. The van der Waals surface area contributed by atoms with Gasteiger partial charge in [0.2, 0.25) is 0 Å². The molecule has 0 atom stereocenters. The molecule has 17 heavy (non-hydrogen) atoms. The normalized spacial score (nSPS) is 11.3. The number of nitrogens with two attached hydrogens (primary N) is 1. The molecule has 94 valence electrons. The molecule has 0 spiro atoms. The molecular weight excluding hydrogens is 223 g/mol. The van der Waals surface area contributed by atoms with Crippen LogP contribution < -0.4 is 11.1 Å². The Morgan fingerprint density at radius 2 is 2.12 bits per heavy atom. The van der Waals surface area contributed by atoms with Crippen molar-refractivity contribution in [1.82, 2.24) is 0 Å². The number of carboxylic acid groups (broad SMARTS) is 1. The van der Waals surface area contributed by atoms with Crippen molar-refractivity contribution in [2.45, 2.75) is 32.7 Å². The quantitative estimate of drug-likeness (QED) is 0.707. The van der Waals surface area contributed by atoms with Crippen molar-refractivity contribution in [3.05, 3.63) is 23.5 Å². The van der Waals surface area contributed by atoms with Crippen LogP contribution in [0.25, 0.3) is 0 Å². The van der Waals surface area contributed by atoms with Gasteiger partial charge in [0.15, 0.2) is 0 Å². The van der Waals surface area contributed by atoms with E-state index >= 15 is 0 Å². The van der Waals surface area contributed by atoms with E-state index < -0.39 is 11.8 Å². The van der Waals surface area contributed by atoms with Gasteiger partial charge in [0.1, 0.15) is 5.82 Å². The minimum atomic E-state index is -1.17. The van der Waals surface area contributed by atoms with Crippen molar-refractivity contribution in [2.75, 3.05) is 11.1 Å². The molecule has 0 aliphatic rings. The molecule has 0 bridgehead atoms. The second-order valence-corrected chi connectivity index (χ2v) is 4.59. The lowest BCUT2D eigenvalue weighted by Crippen LogP contribution is -2.30. The standard InChI is InChI=1S/C12H17FN2O2/c1-4-12(2,3)15-10-5-7(11(16)17)9(14)6-8(10)13/h5-6,15H,4,14H2,1-3H3,(H,16,17). The fourth-order valence-electron chi connectivity index (χ4n) is 1.32. The lowest BCUT2D eigenvalue weighted by Gasteiger charge is -2.26. The van der Waals surface area contributed by atoms with Gasteiger partial charge in [0.05, 0.1) is 11.3 Å². The predicted octanol–water partition coefficient (Wildman–Crippen LogP) is 2.71. The molecule has 5 heteroatoms. The molecule has 1 aromatic carbocycles. The number of nitrogen functional groups attached to an aromatic ring is 1. The molecule has 0 unspecified atom stereocenters. The number of anilines is 2. The van der Waals surface area contributed by atoms with Gasteiger partial charge in [0, 0.05) is 11.2 Å². The Balaban J connectivity index is 3.17. The number of halogens is 1. The van der Waals surface area contributed by atoms with Crippen LogP contribution in [0.5, 0.6) is 0 Å². The van der Waals surface area contributed by atoms with E-state index in [1.807, 2.05) is 20.8 Å². The molecule has 4 N–H and O–H groups in total. The third-order valence-corrected chi connectivity index (χ3v) is 2.73. The number of hydrogen-bond acceptors (Lipinski definition) is 3. The van der Waals surface area contributed by atoms with Crippen LogP contribution in [0.1, 0.15) is 37.6 Å². The third-order valence-electron chi connectivity index (χ3n) is 2.73. The Labute approximate surface area is 99.6 Å². The van der Waals surface area contributed by atoms with Crippen molar-refractivity contribution in [2.24, 2.45) is 0 Å². The molecule has 0 aliphatic heterocycles. The van der Waals surface area contributed by atoms with Gasteiger partial charge in [-0.2, -0.15) is 0 Å². The molecule has 1 rings (SSSR count). The van der Waals surface area contributed by atoms with Gasteiger partial charge >= 0.3 is 5.97 Å². The summed E-state index contributed by atoms with van der Waals surface area (Å²) >= 11 is 0.